The Balaban J connectivity index is 1.49. The van der Waals surface area contributed by atoms with E-state index in [1.54, 1.807) is 30.3 Å². The Morgan fingerprint density at radius 3 is 2.49 bits per heavy atom. The first-order valence-corrected chi connectivity index (χ1v) is 13.0. The molecule has 39 heavy (non-hydrogen) atoms. The molecule has 4 aromatic carbocycles. The molecule has 196 valence electrons. The van der Waals surface area contributed by atoms with Crippen molar-refractivity contribution in [2.45, 2.75) is 19.7 Å². The van der Waals surface area contributed by atoms with Gasteiger partial charge < -0.3 is 4.74 Å². The molecule has 1 heterocycles. The number of alkyl halides is 3. The summed E-state index contributed by atoms with van der Waals surface area (Å²) in [5.74, 6) is 0.705. The average Bonchev–Trinajstić information content (AvgIpc) is 2.92. The highest BCUT2D eigenvalue weighted by Gasteiger charge is 2.31. The molecule has 0 aliphatic rings. The standard InChI is InChI=1S/C30H21F3IN3O2/c1-19-9-11-20(12-10-19)18-39-27-14-13-21(15-25(27)34)17-35-37-28(22-5-4-6-23(16-22)30(31,32)33)36-26-8-3-2-7-24(26)29(37)38/h2-17H,18H2,1H3. The van der Waals surface area contributed by atoms with Crippen LogP contribution in [0.15, 0.2) is 101 Å². The van der Waals surface area contributed by atoms with E-state index in [1.807, 2.05) is 43.3 Å². The number of hydrogen-bond acceptors (Lipinski definition) is 4. The molecule has 0 amide bonds. The maximum Gasteiger partial charge on any atom is 0.416 e. The summed E-state index contributed by atoms with van der Waals surface area (Å²) in [6, 6.07) is 24.9. The fraction of sp³-hybridized carbons (Fsp3) is 0.100. The van der Waals surface area contributed by atoms with Crippen LogP contribution in [0.5, 0.6) is 5.75 Å². The molecule has 0 saturated carbocycles. The van der Waals surface area contributed by atoms with Gasteiger partial charge in [-0.05, 0) is 83.1 Å². The van der Waals surface area contributed by atoms with Crippen LogP contribution in [0.3, 0.4) is 0 Å². The molecule has 9 heteroatoms. The van der Waals surface area contributed by atoms with E-state index in [0.717, 1.165) is 25.9 Å². The van der Waals surface area contributed by atoms with Crippen LogP contribution in [0.2, 0.25) is 0 Å². The van der Waals surface area contributed by atoms with Gasteiger partial charge >= 0.3 is 6.18 Å². The minimum Gasteiger partial charge on any atom is -0.488 e. The Kier molecular flexibility index (Phi) is 7.51. The number of aryl methyl sites for hydroxylation is 1. The second-order valence-corrected chi connectivity index (χ2v) is 10.0. The summed E-state index contributed by atoms with van der Waals surface area (Å²) in [6.45, 7) is 2.45. The van der Waals surface area contributed by atoms with Gasteiger partial charge in [-0.1, -0.05) is 54.1 Å². The fourth-order valence-electron chi connectivity index (χ4n) is 3.94. The summed E-state index contributed by atoms with van der Waals surface area (Å²) in [5.41, 5.74) is 2.06. The number of fused-ring (bicyclic) bond motifs is 1. The third-order valence-corrected chi connectivity index (χ3v) is 6.84. The van der Waals surface area contributed by atoms with E-state index in [-0.39, 0.29) is 11.4 Å². The second-order valence-electron chi connectivity index (χ2n) is 8.86. The van der Waals surface area contributed by atoms with Crippen LogP contribution >= 0.6 is 22.6 Å². The predicted octanol–water partition coefficient (Wildman–Crippen LogP) is 7.46. The highest BCUT2D eigenvalue weighted by molar-refractivity contribution is 14.1. The van der Waals surface area contributed by atoms with E-state index in [2.05, 4.69) is 32.7 Å². The lowest BCUT2D eigenvalue weighted by Crippen LogP contribution is -2.20. The van der Waals surface area contributed by atoms with Gasteiger partial charge in [0.2, 0.25) is 0 Å². The van der Waals surface area contributed by atoms with Crippen LogP contribution in [-0.2, 0) is 12.8 Å². The molecular weight excluding hydrogens is 618 g/mol. The molecule has 5 rings (SSSR count). The van der Waals surface area contributed by atoms with Crippen molar-refractivity contribution in [3.8, 4) is 17.1 Å². The molecule has 0 aliphatic carbocycles. The number of rotatable bonds is 6. The number of nitrogens with zero attached hydrogens (tertiary/aromatic N) is 3. The number of ether oxygens (including phenoxy) is 1. The van der Waals surface area contributed by atoms with E-state index in [4.69, 9.17) is 4.74 Å². The largest absolute Gasteiger partial charge is 0.488 e. The summed E-state index contributed by atoms with van der Waals surface area (Å²) in [4.78, 5) is 17.8. The molecule has 1 aromatic heterocycles. The van der Waals surface area contributed by atoms with Crippen LogP contribution in [-0.4, -0.2) is 15.9 Å². The topological polar surface area (TPSA) is 56.5 Å². The Bertz CT molecular complexity index is 1750. The number of halogens is 4. The molecule has 0 spiro atoms. The van der Waals surface area contributed by atoms with E-state index in [0.29, 0.717) is 28.8 Å². The van der Waals surface area contributed by atoms with Gasteiger partial charge in [0.05, 0.1) is 26.3 Å². The van der Waals surface area contributed by atoms with Crippen molar-refractivity contribution in [2.75, 3.05) is 0 Å². The van der Waals surface area contributed by atoms with Gasteiger partial charge in [0, 0.05) is 5.56 Å². The molecule has 0 radical (unpaired) electrons. The third-order valence-electron chi connectivity index (χ3n) is 6.00. The first-order chi connectivity index (χ1) is 18.7. The highest BCUT2D eigenvalue weighted by Crippen LogP contribution is 2.32. The molecule has 5 aromatic rings. The minimum atomic E-state index is -4.54. The van der Waals surface area contributed by atoms with Crippen molar-refractivity contribution >= 4 is 39.7 Å². The van der Waals surface area contributed by atoms with Crippen molar-refractivity contribution in [1.82, 2.24) is 9.66 Å². The number of aromatic nitrogens is 2. The van der Waals surface area contributed by atoms with Crippen LogP contribution in [0, 0.1) is 10.5 Å². The molecule has 0 atom stereocenters. The highest BCUT2D eigenvalue weighted by atomic mass is 127. The zero-order chi connectivity index (χ0) is 27.6. The summed E-state index contributed by atoms with van der Waals surface area (Å²) < 4.78 is 48.0. The van der Waals surface area contributed by atoms with Crippen LogP contribution in [0.25, 0.3) is 22.3 Å². The number of hydrogen-bond donors (Lipinski definition) is 0. The van der Waals surface area contributed by atoms with E-state index < -0.39 is 17.3 Å². The normalized spacial score (nSPS) is 11.8. The van der Waals surface area contributed by atoms with Crippen molar-refractivity contribution in [3.63, 3.8) is 0 Å². The van der Waals surface area contributed by atoms with Gasteiger partial charge in [-0.2, -0.15) is 22.9 Å². The Morgan fingerprint density at radius 2 is 1.74 bits per heavy atom. The van der Waals surface area contributed by atoms with E-state index >= 15 is 0 Å². The second kappa shape index (κ2) is 11.0. The predicted molar refractivity (Wildman–Crippen MR) is 154 cm³/mol. The van der Waals surface area contributed by atoms with Gasteiger partial charge in [0.15, 0.2) is 5.82 Å². The van der Waals surface area contributed by atoms with Crippen LogP contribution in [0.4, 0.5) is 13.2 Å². The molecule has 0 unspecified atom stereocenters. The Labute approximate surface area is 235 Å². The minimum absolute atomic E-state index is 0.00815. The van der Waals surface area contributed by atoms with Crippen molar-refractivity contribution in [3.05, 3.63) is 127 Å². The maximum absolute atomic E-state index is 13.4. The lowest BCUT2D eigenvalue weighted by molar-refractivity contribution is -0.137. The van der Waals surface area contributed by atoms with Crippen LogP contribution in [0.1, 0.15) is 22.3 Å². The van der Waals surface area contributed by atoms with Crippen molar-refractivity contribution in [1.29, 1.82) is 0 Å². The third kappa shape index (κ3) is 6.03. The van der Waals surface area contributed by atoms with E-state index in [9.17, 15) is 18.0 Å². The van der Waals surface area contributed by atoms with Crippen LogP contribution < -0.4 is 10.3 Å². The molecule has 0 saturated heterocycles. The van der Waals surface area contributed by atoms with Crippen molar-refractivity contribution in [2.24, 2.45) is 5.10 Å². The van der Waals surface area contributed by atoms with Gasteiger partial charge in [0.1, 0.15) is 12.4 Å². The lowest BCUT2D eigenvalue weighted by Gasteiger charge is -2.12. The average molecular weight is 639 g/mol. The number of benzene rings is 4. The lowest BCUT2D eigenvalue weighted by atomic mass is 10.1. The molecule has 0 fully saturated rings. The molecule has 0 N–H and O–H groups in total. The zero-order valence-electron chi connectivity index (χ0n) is 20.6. The Morgan fingerprint density at radius 1 is 0.974 bits per heavy atom. The smallest absolute Gasteiger partial charge is 0.416 e. The van der Waals surface area contributed by atoms with Gasteiger partial charge in [-0.15, -0.1) is 0 Å². The summed E-state index contributed by atoms with van der Waals surface area (Å²) >= 11 is 2.16. The van der Waals surface area contributed by atoms with Gasteiger partial charge in [0.25, 0.3) is 5.56 Å². The SMILES string of the molecule is Cc1ccc(COc2ccc(C=Nn3c(-c4cccc(C(F)(F)F)c4)nc4ccccc4c3=O)cc2I)cc1. The summed E-state index contributed by atoms with van der Waals surface area (Å²) in [6.07, 6.45) is -3.07. The van der Waals surface area contributed by atoms with Crippen molar-refractivity contribution < 1.29 is 17.9 Å². The molecule has 0 bridgehead atoms. The monoisotopic (exact) mass is 639 g/mol. The first kappa shape index (κ1) is 26.6. The molecule has 5 nitrogen and oxygen atoms in total. The summed E-state index contributed by atoms with van der Waals surface area (Å²) in [7, 11) is 0. The number of para-hydroxylation sites is 1. The summed E-state index contributed by atoms with van der Waals surface area (Å²) in [5, 5.41) is 4.66. The first-order valence-electron chi connectivity index (χ1n) is 11.9. The van der Waals surface area contributed by atoms with Gasteiger partial charge in [-0.3, -0.25) is 4.79 Å². The molecule has 0 aliphatic heterocycles. The maximum atomic E-state index is 13.4. The molecular formula is C30H21F3IN3O2. The van der Waals surface area contributed by atoms with Gasteiger partial charge in [-0.25, -0.2) is 4.98 Å². The zero-order valence-corrected chi connectivity index (χ0v) is 22.8. The quantitative estimate of drug-likeness (QED) is 0.143. The Hall–Kier alpha value is -3.99. The van der Waals surface area contributed by atoms with E-state index in [1.165, 1.54) is 23.9 Å². The fourth-order valence-corrected chi connectivity index (χ4v) is 4.63.